The van der Waals surface area contributed by atoms with Crippen molar-refractivity contribution < 1.29 is 9.09 Å². The van der Waals surface area contributed by atoms with E-state index in [9.17, 15) is 4.57 Å². The Morgan fingerprint density at radius 3 is 2.00 bits per heavy atom. The molecule has 0 aromatic rings. The molecule has 0 rings (SSSR count). The van der Waals surface area contributed by atoms with Gasteiger partial charge in [0, 0.05) is 39.9 Å². The molecule has 0 saturated carbocycles. The van der Waals surface area contributed by atoms with Crippen LogP contribution in [-0.2, 0) is 9.09 Å². The van der Waals surface area contributed by atoms with Crippen LogP contribution in [0.5, 0.6) is 0 Å². The quantitative estimate of drug-likeness (QED) is 0.222. The molecular weight excluding hydrogens is 297 g/mol. The SMILES string of the molecule is [CH2-]P(=O)(OCCCCCCN=C(N(C)C)N(C)C)C(C)(C)C. The second-order valence-corrected chi connectivity index (χ2v) is 10.0. The summed E-state index contributed by atoms with van der Waals surface area (Å²) in [5, 5.41) is -0.378. The van der Waals surface area contributed by atoms with Crippen LogP contribution in [0.15, 0.2) is 4.99 Å². The lowest BCUT2D eigenvalue weighted by atomic mass is 10.2. The molecule has 0 radical (unpaired) electrons. The maximum Gasteiger partial charge on any atom is 0.195 e. The summed E-state index contributed by atoms with van der Waals surface area (Å²) in [7, 11) is 5.25. The Balaban J connectivity index is 3.84. The Morgan fingerprint density at radius 2 is 1.55 bits per heavy atom. The summed E-state index contributed by atoms with van der Waals surface area (Å²) >= 11 is 0. The number of unbranched alkanes of at least 4 members (excludes halogenated alkanes) is 3. The van der Waals surface area contributed by atoms with Gasteiger partial charge in [-0.25, -0.2) is 0 Å². The molecule has 0 saturated heterocycles. The summed E-state index contributed by atoms with van der Waals surface area (Å²) in [6.45, 7) is 10.8. The van der Waals surface area contributed by atoms with Crippen molar-refractivity contribution in [2.45, 2.75) is 51.6 Å². The molecule has 22 heavy (non-hydrogen) atoms. The van der Waals surface area contributed by atoms with Crippen molar-refractivity contribution >= 4 is 13.3 Å². The van der Waals surface area contributed by atoms with Gasteiger partial charge in [0.15, 0.2) is 5.96 Å². The number of rotatable bonds is 8. The van der Waals surface area contributed by atoms with Crippen LogP contribution in [0.25, 0.3) is 0 Å². The summed E-state index contributed by atoms with van der Waals surface area (Å²) in [6, 6.07) is 0. The minimum Gasteiger partial charge on any atom is -0.352 e. The van der Waals surface area contributed by atoms with Crippen LogP contribution in [0.3, 0.4) is 0 Å². The first-order valence-electron chi connectivity index (χ1n) is 7.97. The Labute approximate surface area is 137 Å². The first-order valence-corrected chi connectivity index (χ1v) is 9.78. The Bertz CT molecular complexity index is 377. The van der Waals surface area contributed by atoms with Crippen molar-refractivity contribution in [3.8, 4) is 0 Å². The third-order valence-electron chi connectivity index (χ3n) is 3.43. The van der Waals surface area contributed by atoms with Crippen molar-refractivity contribution in [2.75, 3.05) is 41.3 Å². The molecule has 0 N–H and O–H groups in total. The van der Waals surface area contributed by atoms with E-state index in [2.05, 4.69) is 11.7 Å². The van der Waals surface area contributed by atoms with Crippen LogP contribution in [-0.4, -0.2) is 62.3 Å². The summed E-state index contributed by atoms with van der Waals surface area (Å²) in [5.74, 6) is 0.992. The fourth-order valence-electron chi connectivity index (χ4n) is 1.83. The molecular formula is C16H35N3O2P-. The third-order valence-corrected chi connectivity index (χ3v) is 6.07. The van der Waals surface area contributed by atoms with Gasteiger partial charge < -0.3 is 18.9 Å². The summed E-state index contributed by atoms with van der Waals surface area (Å²) < 4.78 is 17.7. The number of hydrogen-bond donors (Lipinski definition) is 0. The third kappa shape index (κ3) is 8.19. The van der Waals surface area contributed by atoms with E-state index in [1.807, 2.05) is 58.8 Å². The van der Waals surface area contributed by atoms with Crippen LogP contribution in [0.1, 0.15) is 46.5 Å². The van der Waals surface area contributed by atoms with E-state index in [1.165, 1.54) is 0 Å². The molecule has 0 bridgehead atoms. The maximum atomic E-state index is 12.2. The highest BCUT2D eigenvalue weighted by Crippen LogP contribution is 2.57. The van der Waals surface area contributed by atoms with Crippen molar-refractivity contribution in [1.29, 1.82) is 0 Å². The van der Waals surface area contributed by atoms with E-state index in [1.54, 1.807) is 0 Å². The molecule has 0 aliphatic carbocycles. The van der Waals surface area contributed by atoms with Crippen molar-refractivity contribution in [3.05, 3.63) is 6.66 Å². The lowest BCUT2D eigenvalue weighted by Crippen LogP contribution is -2.35. The smallest absolute Gasteiger partial charge is 0.195 e. The van der Waals surface area contributed by atoms with Crippen LogP contribution in [0.4, 0.5) is 0 Å². The standard InChI is InChI=1S/C16H35N3O2P/c1-16(2,3)22(8,20)21-14-12-10-9-11-13-17-15(18(4)5)19(6)7/h8-14H2,1-7H3/q-1. The summed E-state index contributed by atoms with van der Waals surface area (Å²) in [5.41, 5.74) is 0. The van der Waals surface area contributed by atoms with Gasteiger partial charge in [0.25, 0.3) is 0 Å². The lowest BCUT2D eigenvalue weighted by molar-refractivity contribution is 0.294. The average Bonchev–Trinajstić information content (AvgIpc) is 2.34. The molecule has 6 heteroatoms. The van der Waals surface area contributed by atoms with Crippen molar-refractivity contribution in [3.63, 3.8) is 0 Å². The second kappa shape index (κ2) is 9.57. The second-order valence-electron chi connectivity index (χ2n) is 7.06. The van der Waals surface area contributed by atoms with Gasteiger partial charge in [0.05, 0.1) is 14.0 Å². The molecule has 0 spiro atoms. The predicted octanol–water partition coefficient (Wildman–Crippen LogP) is 3.91. The van der Waals surface area contributed by atoms with E-state index in [0.29, 0.717) is 6.61 Å². The van der Waals surface area contributed by atoms with Crippen LogP contribution < -0.4 is 0 Å². The van der Waals surface area contributed by atoms with E-state index >= 15 is 0 Å². The first kappa shape index (κ1) is 21.5. The number of hydrogen-bond acceptors (Lipinski definition) is 3. The predicted molar refractivity (Wildman–Crippen MR) is 96.8 cm³/mol. The molecule has 0 aliphatic heterocycles. The molecule has 5 nitrogen and oxygen atoms in total. The minimum absolute atomic E-state index is 0.378. The van der Waals surface area contributed by atoms with Gasteiger partial charge in [0.2, 0.25) is 0 Å². The largest absolute Gasteiger partial charge is 0.352 e. The monoisotopic (exact) mass is 332 g/mol. The summed E-state index contributed by atoms with van der Waals surface area (Å²) in [4.78, 5) is 8.63. The highest BCUT2D eigenvalue weighted by molar-refractivity contribution is 7.61. The van der Waals surface area contributed by atoms with Gasteiger partial charge in [-0.1, -0.05) is 33.6 Å². The molecule has 0 amide bonds. The maximum absolute atomic E-state index is 12.2. The van der Waals surface area contributed by atoms with E-state index < -0.39 is 7.37 Å². The Hall–Kier alpha value is -0.540. The molecule has 0 aliphatic rings. The summed E-state index contributed by atoms with van der Waals surface area (Å²) in [6.07, 6.45) is 4.16. The van der Waals surface area contributed by atoms with E-state index in [0.717, 1.165) is 38.2 Å². The first-order chi connectivity index (χ1) is 9.99. The molecule has 1 unspecified atom stereocenters. The Morgan fingerprint density at radius 1 is 1.05 bits per heavy atom. The van der Waals surface area contributed by atoms with Crippen molar-refractivity contribution in [1.82, 2.24) is 9.80 Å². The Kier molecular flexibility index (Phi) is 9.33. The fourth-order valence-corrected chi connectivity index (χ4v) is 2.65. The number of nitrogens with zero attached hydrogens (tertiary/aromatic N) is 3. The molecule has 0 heterocycles. The van der Waals surface area contributed by atoms with Crippen LogP contribution in [0, 0.1) is 6.66 Å². The number of guanidine groups is 1. The molecule has 0 fully saturated rings. The van der Waals surface area contributed by atoms with Crippen LogP contribution in [0.2, 0.25) is 0 Å². The average molecular weight is 332 g/mol. The number of aliphatic imine (C=N–C) groups is 1. The van der Waals surface area contributed by atoms with Crippen molar-refractivity contribution in [2.24, 2.45) is 4.99 Å². The van der Waals surface area contributed by atoms with Gasteiger partial charge in [-0.15, -0.1) is 0 Å². The fraction of sp³-hybridized carbons (Fsp3) is 0.875. The highest BCUT2D eigenvalue weighted by Gasteiger charge is 2.25. The zero-order valence-electron chi connectivity index (χ0n) is 15.6. The van der Waals surface area contributed by atoms with Crippen LogP contribution >= 0.6 is 7.37 Å². The van der Waals surface area contributed by atoms with Gasteiger partial charge >= 0.3 is 0 Å². The topological polar surface area (TPSA) is 45.1 Å². The zero-order chi connectivity index (χ0) is 17.4. The highest BCUT2D eigenvalue weighted by atomic mass is 31.2. The zero-order valence-corrected chi connectivity index (χ0v) is 16.4. The van der Waals surface area contributed by atoms with E-state index in [4.69, 9.17) is 4.52 Å². The molecule has 132 valence electrons. The normalized spacial score (nSPS) is 14.4. The van der Waals surface area contributed by atoms with Gasteiger partial charge in [-0.05, 0) is 12.8 Å². The van der Waals surface area contributed by atoms with Gasteiger partial charge in [0.1, 0.15) is 0 Å². The lowest BCUT2D eigenvalue weighted by Gasteiger charge is -2.33. The molecule has 0 aromatic heterocycles. The molecule has 1 atom stereocenters. The van der Waals surface area contributed by atoms with E-state index in [-0.39, 0.29) is 5.16 Å². The minimum atomic E-state index is -2.76. The van der Waals surface area contributed by atoms with Gasteiger partial charge in [-0.3, -0.25) is 11.7 Å². The van der Waals surface area contributed by atoms with Gasteiger partial charge in [-0.2, -0.15) is 0 Å². The molecule has 0 aromatic carbocycles.